The Bertz CT molecular complexity index is 679. The van der Waals surface area contributed by atoms with Crippen LogP contribution in [0.3, 0.4) is 0 Å². The summed E-state index contributed by atoms with van der Waals surface area (Å²) in [5, 5.41) is 11.3. The lowest BCUT2D eigenvalue weighted by atomic mass is 10.4. The molecule has 2 rings (SSSR count). The van der Waals surface area contributed by atoms with Crippen molar-refractivity contribution in [3.8, 4) is 0 Å². The minimum Gasteiger partial charge on any atom is -0.383 e. The molecule has 0 saturated heterocycles. The highest BCUT2D eigenvalue weighted by atomic mass is 35.5. The molecule has 112 valence electrons. The molecule has 0 aromatic carbocycles. The van der Waals surface area contributed by atoms with Gasteiger partial charge in [0.25, 0.3) is 5.56 Å². The topological polar surface area (TPSA) is 74.0 Å². The number of nitrogens with zero attached hydrogens (tertiary/aromatic N) is 4. The van der Waals surface area contributed by atoms with E-state index in [1.54, 1.807) is 30.3 Å². The van der Waals surface area contributed by atoms with Gasteiger partial charge in [0.15, 0.2) is 0 Å². The Balaban J connectivity index is 2.16. The fourth-order valence-electron chi connectivity index (χ4n) is 1.70. The molecule has 0 aliphatic heterocycles. The number of hydrogen-bond acceptors (Lipinski definition) is 5. The summed E-state index contributed by atoms with van der Waals surface area (Å²) in [6.45, 7) is 5.09. The Kier molecular flexibility index (Phi) is 5.13. The summed E-state index contributed by atoms with van der Waals surface area (Å²) in [5.41, 5.74) is 0.789. The van der Waals surface area contributed by atoms with Crippen molar-refractivity contribution in [1.82, 2.24) is 19.6 Å². The van der Waals surface area contributed by atoms with Crippen LogP contribution >= 0.6 is 11.6 Å². The second-order valence-electron chi connectivity index (χ2n) is 4.26. The van der Waals surface area contributed by atoms with Crippen LogP contribution in [0.15, 0.2) is 36.0 Å². The smallest absolute Gasteiger partial charge is 0.287 e. The lowest BCUT2D eigenvalue weighted by molar-refractivity contribution is 0.183. The summed E-state index contributed by atoms with van der Waals surface area (Å²) in [6.07, 6.45) is 6.52. The second kappa shape index (κ2) is 7.05. The summed E-state index contributed by atoms with van der Waals surface area (Å²) in [5.74, 6) is 0. The van der Waals surface area contributed by atoms with E-state index >= 15 is 0 Å². The van der Waals surface area contributed by atoms with Crippen molar-refractivity contribution >= 4 is 23.0 Å². The molecule has 0 spiro atoms. The van der Waals surface area contributed by atoms with E-state index in [-0.39, 0.29) is 10.6 Å². The van der Waals surface area contributed by atoms with Gasteiger partial charge in [0.2, 0.25) is 0 Å². The molecule has 0 unspecified atom stereocenters. The number of allylic oxidation sites excluding steroid dienone is 1. The Morgan fingerprint density at radius 2 is 2.29 bits per heavy atom. The van der Waals surface area contributed by atoms with Crippen LogP contribution < -0.4 is 10.9 Å². The van der Waals surface area contributed by atoms with Gasteiger partial charge in [-0.1, -0.05) is 17.7 Å². The summed E-state index contributed by atoms with van der Waals surface area (Å²) in [7, 11) is 1.63. The summed E-state index contributed by atoms with van der Waals surface area (Å²) < 4.78 is 7.95. The number of hydrogen-bond donors (Lipinski definition) is 1. The van der Waals surface area contributed by atoms with Crippen molar-refractivity contribution < 1.29 is 4.74 Å². The van der Waals surface area contributed by atoms with Gasteiger partial charge in [-0.25, -0.2) is 4.68 Å². The maximum absolute atomic E-state index is 12.0. The molecule has 2 aromatic rings. The van der Waals surface area contributed by atoms with Gasteiger partial charge in [-0.2, -0.15) is 10.2 Å². The minimum absolute atomic E-state index is 0.0801. The van der Waals surface area contributed by atoms with E-state index in [0.717, 1.165) is 5.69 Å². The van der Waals surface area contributed by atoms with Crippen molar-refractivity contribution in [2.45, 2.75) is 13.1 Å². The first-order chi connectivity index (χ1) is 10.2. The molecule has 0 radical (unpaired) electrons. The van der Waals surface area contributed by atoms with Crippen molar-refractivity contribution in [2.75, 3.05) is 19.0 Å². The Morgan fingerprint density at radius 1 is 1.48 bits per heavy atom. The van der Waals surface area contributed by atoms with Crippen LogP contribution in [0, 0.1) is 0 Å². The summed E-state index contributed by atoms with van der Waals surface area (Å²) >= 11 is 6.06. The molecule has 21 heavy (non-hydrogen) atoms. The lowest BCUT2D eigenvalue weighted by Crippen LogP contribution is -2.23. The van der Waals surface area contributed by atoms with Gasteiger partial charge < -0.3 is 10.1 Å². The largest absolute Gasteiger partial charge is 0.383 e. The molecule has 1 N–H and O–H groups in total. The third-order valence-electron chi connectivity index (χ3n) is 2.72. The monoisotopic (exact) mass is 309 g/mol. The van der Waals surface area contributed by atoms with E-state index < -0.39 is 0 Å². The van der Waals surface area contributed by atoms with Crippen molar-refractivity contribution in [3.05, 3.63) is 46.6 Å². The van der Waals surface area contributed by atoms with E-state index in [1.807, 2.05) is 0 Å². The predicted molar refractivity (Wildman–Crippen MR) is 81.1 cm³/mol. The molecular formula is C13H16ClN5O2. The van der Waals surface area contributed by atoms with Gasteiger partial charge in [0.05, 0.1) is 43.5 Å². The normalized spacial score (nSPS) is 10.6. The van der Waals surface area contributed by atoms with Crippen LogP contribution in [0.2, 0.25) is 5.02 Å². The zero-order valence-electron chi connectivity index (χ0n) is 11.6. The maximum Gasteiger partial charge on any atom is 0.287 e. The lowest BCUT2D eigenvalue weighted by Gasteiger charge is -2.07. The number of halogens is 1. The van der Waals surface area contributed by atoms with Gasteiger partial charge in [0, 0.05) is 13.3 Å². The molecule has 0 amide bonds. The van der Waals surface area contributed by atoms with Crippen LogP contribution in [-0.4, -0.2) is 33.3 Å². The molecule has 0 fully saturated rings. The number of methoxy groups -OCH3 is 1. The molecular weight excluding hydrogens is 294 g/mol. The predicted octanol–water partition coefficient (Wildman–Crippen LogP) is 1.67. The third-order valence-corrected chi connectivity index (χ3v) is 3.09. The van der Waals surface area contributed by atoms with Crippen LogP contribution in [0.1, 0.15) is 0 Å². The van der Waals surface area contributed by atoms with Crippen LogP contribution in [0.25, 0.3) is 0 Å². The second-order valence-corrected chi connectivity index (χ2v) is 4.64. The SMILES string of the molecule is C=CCn1ncc(Nc2cnn(CCOC)c2)c(Cl)c1=O. The van der Waals surface area contributed by atoms with E-state index in [2.05, 4.69) is 22.1 Å². The highest BCUT2D eigenvalue weighted by Crippen LogP contribution is 2.20. The number of anilines is 2. The van der Waals surface area contributed by atoms with Crippen molar-refractivity contribution in [1.29, 1.82) is 0 Å². The molecule has 2 aromatic heterocycles. The standard InChI is InChI=1S/C13H16ClN5O2/c1-3-4-19-13(20)12(14)11(8-16-19)17-10-7-15-18(9-10)5-6-21-2/h3,7-9,17H,1,4-6H2,2H3. The molecule has 0 aliphatic rings. The molecule has 7 nitrogen and oxygen atoms in total. The highest BCUT2D eigenvalue weighted by molar-refractivity contribution is 6.33. The van der Waals surface area contributed by atoms with Crippen LogP contribution in [0.4, 0.5) is 11.4 Å². The van der Waals surface area contributed by atoms with E-state index in [9.17, 15) is 4.79 Å². The van der Waals surface area contributed by atoms with Gasteiger partial charge in [0.1, 0.15) is 5.02 Å². The fraction of sp³-hybridized carbons (Fsp3) is 0.308. The number of nitrogens with one attached hydrogen (secondary N) is 1. The Morgan fingerprint density at radius 3 is 3.00 bits per heavy atom. The Hall–Kier alpha value is -2.12. The van der Waals surface area contributed by atoms with Crippen molar-refractivity contribution in [3.63, 3.8) is 0 Å². The van der Waals surface area contributed by atoms with E-state index in [4.69, 9.17) is 16.3 Å². The highest BCUT2D eigenvalue weighted by Gasteiger charge is 2.09. The van der Waals surface area contributed by atoms with Gasteiger partial charge in [-0.3, -0.25) is 9.48 Å². The van der Waals surface area contributed by atoms with Crippen LogP contribution in [0.5, 0.6) is 0 Å². The number of ether oxygens (including phenoxy) is 1. The molecule has 0 atom stereocenters. The first kappa shape index (κ1) is 15.3. The quantitative estimate of drug-likeness (QED) is 0.788. The number of rotatable bonds is 7. The van der Waals surface area contributed by atoms with Gasteiger partial charge in [-0.05, 0) is 0 Å². The van der Waals surface area contributed by atoms with Crippen LogP contribution in [-0.2, 0) is 17.8 Å². The minimum atomic E-state index is -0.367. The first-order valence-electron chi connectivity index (χ1n) is 6.30. The zero-order chi connectivity index (χ0) is 15.2. The first-order valence-corrected chi connectivity index (χ1v) is 6.68. The van der Waals surface area contributed by atoms with E-state index in [0.29, 0.717) is 25.4 Å². The summed E-state index contributed by atoms with van der Waals surface area (Å²) in [6, 6.07) is 0. The number of aromatic nitrogens is 4. The maximum atomic E-state index is 12.0. The van der Waals surface area contributed by atoms with Crippen molar-refractivity contribution in [2.24, 2.45) is 0 Å². The fourth-order valence-corrected chi connectivity index (χ4v) is 1.89. The Labute approximate surface area is 126 Å². The third kappa shape index (κ3) is 3.71. The average Bonchev–Trinajstić information content (AvgIpc) is 2.92. The zero-order valence-corrected chi connectivity index (χ0v) is 12.4. The van der Waals surface area contributed by atoms with E-state index in [1.165, 1.54) is 10.9 Å². The molecule has 8 heteroatoms. The average molecular weight is 310 g/mol. The van der Waals surface area contributed by atoms with Gasteiger partial charge >= 0.3 is 0 Å². The molecule has 0 aliphatic carbocycles. The summed E-state index contributed by atoms with van der Waals surface area (Å²) in [4.78, 5) is 12.0. The molecule has 2 heterocycles. The molecule has 0 saturated carbocycles. The van der Waals surface area contributed by atoms with Gasteiger partial charge in [-0.15, -0.1) is 6.58 Å². The molecule has 0 bridgehead atoms.